The first-order valence-electron chi connectivity index (χ1n) is 12.9. The third kappa shape index (κ3) is 3.76. The van der Waals surface area contributed by atoms with Crippen molar-refractivity contribution in [3.8, 4) is 28.4 Å². The molecule has 11 nitrogen and oxygen atoms in total. The number of halogens is 1. The van der Waals surface area contributed by atoms with E-state index in [1.165, 1.54) is 29.5 Å². The van der Waals surface area contributed by atoms with E-state index in [1.807, 2.05) is 28.8 Å². The van der Waals surface area contributed by atoms with Gasteiger partial charge < -0.3 is 19.1 Å². The number of fused-ring (bicyclic) bond motifs is 1. The molecule has 0 aliphatic carbocycles. The van der Waals surface area contributed by atoms with Crippen LogP contribution in [-0.2, 0) is 0 Å². The molecule has 0 saturated carbocycles. The van der Waals surface area contributed by atoms with Gasteiger partial charge in [-0.25, -0.2) is 8.91 Å². The Balaban J connectivity index is 1.37. The molecule has 2 aromatic carbocycles. The first-order chi connectivity index (χ1) is 19.3. The van der Waals surface area contributed by atoms with Gasteiger partial charge in [0.15, 0.2) is 17.4 Å². The Bertz CT molecular complexity index is 1870. The van der Waals surface area contributed by atoms with Crippen molar-refractivity contribution in [1.29, 1.82) is 0 Å². The monoisotopic (exact) mass is 561 g/mol. The van der Waals surface area contributed by atoms with E-state index in [0.29, 0.717) is 47.3 Å². The lowest BCUT2D eigenvalue weighted by Gasteiger charge is -2.37. The lowest BCUT2D eigenvalue weighted by Crippen LogP contribution is -2.45. The number of piperazine rings is 1. The van der Waals surface area contributed by atoms with Crippen LogP contribution in [0.5, 0.6) is 5.75 Å². The van der Waals surface area contributed by atoms with Gasteiger partial charge in [0.25, 0.3) is 5.69 Å². The number of hydrogen-bond acceptors (Lipinski definition) is 9. The van der Waals surface area contributed by atoms with Crippen LogP contribution in [0.25, 0.3) is 38.5 Å². The molecule has 2 aliphatic rings. The van der Waals surface area contributed by atoms with Crippen molar-refractivity contribution < 1.29 is 14.1 Å². The molecule has 1 saturated heterocycles. The Morgan fingerprint density at radius 2 is 1.93 bits per heavy atom. The molecule has 3 aromatic heterocycles. The van der Waals surface area contributed by atoms with E-state index in [4.69, 9.17) is 4.74 Å². The Morgan fingerprint density at radius 3 is 2.65 bits per heavy atom. The van der Waals surface area contributed by atoms with Crippen LogP contribution in [0.3, 0.4) is 0 Å². The molecule has 5 aromatic rings. The van der Waals surface area contributed by atoms with E-state index < -0.39 is 10.7 Å². The molecule has 0 N–H and O–H groups in total. The molecule has 1 atom stereocenters. The molecular weight excluding hydrogens is 537 g/mol. The van der Waals surface area contributed by atoms with Crippen molar-refractivity contribution in [2.45, 2.75) is 13.0 Å². The van der Waals surface area contributed by atoms with Gasteiger partial charge >= 0.3 is 0 Å². The highest BCUT2D eigenvalue weighted by atomic mass is 32.1. The van der Waals surface area contributed by atoms with Gasteiger partial charge in [0.05, 0.1) is 33.1 Å². The first-order valence-corrected chi connectivity index (χ1v) is 13.7. The average Bonchev–Trinajstić information content (AvgIpc) is 3.54. The van der Waals surface area contributed by atoms with E-state index in [2.05, 4.69) is 15.0 Å². The number of nitro benzene ring substituents is 1. The minimum Gasteiger partial charge on any atom is -0.487 e. The van der Waals surface area contributed by atoms with E-state index in [0.717, 1.165) is 18.7 Å². The minimum absolute atomic E-state index is 0.00635. The van der Waals surface area contributed by atoms with E-state index >= 15 is 4.39 Å². The van der Waals surface area contributed by atoms with Crippen LogP contribution in [0, 0.1) is 15.9 Å². The molecule has 13 heteroatoms. The van der Waals surface area contributed by atoms with Crippen LogP contribution in [0.1, 0.15) is 13.0 Å². The number of hydrogen-bond donors (Lipinski definition) is 0. The third-order valence-corrected chi connectivity index (χ3v) is 8.47. The van der Waals surface area contributed by atoms with Crippen molar-refractivity contribution in [3.05, 3.63) is 68.1 Å². The van der Waals surface area contributed by atoms with E-state index in [-0.39, 0.29) is 33.9 Å². The normalized spacial score (nSPS) is 17.5. The van der Waals surface area contributed by atoms with Gasteiger partial charge in [-0.3, -0.25) is 14.9 Å². The maximum Gasteiger partial charge on any atom is 0.269 e. The van der Waals surface area contributed by atoms with Crippen molar-refractivity contribution in [1.82, 2.24) is 24.1 Å². The summed E-state index contributed by atoms with van der Waals surface area (Å²) in [6.45, 7) is 5.28. The summed E-state index contributed by atoms with van der Waals surface area (Å²) in [5.41, 5.74) is 2.30. The Morgan fingerprint density at radius 1 is 1.18 bits per heavy atom. The summed E-state index contributed by atoms with van der Waals surface area (Å²) in [7, 11) is 2.04. The molecule has 0 amide bonds. The van der Waals surface area contributed by atoms with Crippen molar-refractivity contribution in [2.75, 3.05) is 44.7 Å². The number of thiazole rings is 1. The predicted octanol–water partition coefficient (Wildman–Crippen LogP) is 4.19. The lowest BCUT2D eigenvalue weighted by atomic mass is 10.0. The number of likely N-dealkylation sites (N-methyl/N-ethyl adjacent to an activating group) is 1. The van der Waals surface area contributed by atoms with Crippen LogP contribution < -0.4 is 15.1 Å². The van der Waals surface area contributed by atoms with Crippen molar-refractivity contribution in [2.24, 2.45) is 0 Å². The highest BCUT2D eigenvalue weighted by Crippen LogP contribution is 2.42. The van der Waals surface area contributed by atoms with Gasteiger partial charge in [-0.2, -0.15) is 4.98 Å². The number of benzene rings is 2. The SMILES string of the molecule is CC1COc2c(N3CCN(C)CC3)c(F)cc3c(=O)c(-c4nc5scc(-c6ccc([N+](=O)[O-])cc6)n5n4)cn1c23. The number of ether oxygens (including phenoxy) is 1. The summed E-state index contributed by atoms with van der Waals surface area (Å²) in [4.78, 5) is 33.8. The molecule has 0 spiro atoms. The maximum atomic E-state index is 15.7. The third-order valence-electron chi connectivity index (χ3n) is 7.66. The number of pyridine rings is 1. The van der Waals surface area contributed by atoms with E-state index in [9.17, 15) is 14.9 Å². The van der Waals surface area contributed by atoms with Gasteiger partial charge in [0, 0.05) is 55.5 Å². The second-order valence-corrected chi connectivity index (χ2v) is 11.1. The lowest BCUT2D eigenvalue weighted by molar-refractivity contribution is -0.384. The fourth-order valence-electron chi connectivity index (χ4n) is 5.44. The summed E-state index contributed by atoms with van der Waals surface area (Å²) < 4.78 is 25.4. The zero-order valence-corrected chi connectivity index (χ0v) is 22.5. The second kappa shape index (κ2) is 9.10. The molecule has 1 fully saturated rings. The first kappa shape index (κ1) is 24.7. The Kier molecular flexibility index (Phi) is 5.61. The van der Waals surface area contributed by atoms with Crippen LogP contribution >= 0.6 is 11.3 Å². The standard InChI is InChI=1S/C27H24FN7O4S/c1-15-13-39-25-22-18(11-20(28)23(25)32-9-7-31(2)8-10-32)24(36)19(12-33(15)22)26-29-27-34(30-26)21(14-40-27)16-3-5-17(6-4-16)35(37)38/h3-6,11-12,14-15H,7-10,13H2,1-2H3. The van der Waals surface area contributed by atoms with Crippen molar-refractivity contribution in [3.63, 3.8) is 0 Å². The van der Waals surface area contributed by atoms with Gasteiger partial charge in [0.2, 0.25) is 10.4 Å². The predicted molar refractivity (Wildman–Crippen MR) is 150 cm³/mol. The number of aromatic nitrogens is 4. The fraction of sp³-hybridized carbons (Fsp3) is 0.296. The molecule has 204 valence electrons. The molecule has 0 radical (unpaired) electrons. The number of rotatable bonds is 4. The number of anilines is 1. The second-order valence-electron chi connectivity index (χ2n) is 10.2. The molecule has 1 unspecified atom stereocenters. The molecule has 40 heavy (non-hydrogen) atoms. The maximum absolute atomic E-state index is 15.7. The Hall–Kier alpha value is -4.36. The van der Waals surface area contributed by atoms with Crippen molar-refractivity contribution >= 4 is 38.6 Å². The minimum atomic E-state index is -0.485. The molecular formula is C27H24FN7O4S. The van der Waals surface area contributed by atoms with Crippen LogP contribution in [0.2, 0.25) is 0 Å². The van der Waals surface area contributed by atoms with Gasteiger partial charge in [0.1, 0.15) is 12.3 Å². The summed E-state index contributed by atoms with van der Waals surface area (Å²) in [6.07, 6.45) is 1.75. The summed E-state index contributed by atoms with van der Waals surface area (Å²) >= 11 is 1.35. The molecule has 5 heterocycles. The fourth-order valence-corrected chi connectivity index (χ4v) is 6.27. The van der Waals surface area contributed by atoms with Gasteiger partial charge in [-0.1, -0.05) is 0 Å². The van der Waals surface area contributed by atoms with Gasteiger partial charge in [-0.15, -0.1) is 16.4 Å². The topological polar surface area (TPSA) is 111 Å². The molecule has 7 rings (SSSR count). The molecule has 0 bridgehead atoms. The smallest absolute Gasteiger partial charge is 0.269 e. The van der Waals surface area contributed by atoms with Gasteiger partial charge in [-0.05, 0) is 32.2 Å². The molecule has 2 aliphatic heterocycles. The number of non-ortho nitro benzene ring substituents is 1. The van der Waals surface area contributed by atoms with Crippen LogP contribution in [0.15, 0.2) is 46.7 Å². The van der Waals surface area contributed by atoms with E-state index in [1.54, 1.807) is 22.8 Å². The highest BCUT2D eigenvalue weighted by Gasteiger charge is 2.31. The van der Waals surface area contributed by atoms with Crippen LogP contribution in [-0.4, -0.2) is 68.8 Å². The Labute approximate surface area is 230 Å². The number of nitro groups is 1. The number of nitrogens with zero attached hydrogens (tertiary/aromatic N) is 7. The zero-order chi connectivity index (χ0) is 27.7. The summed E-state index contributed by atoms with van der Waals surface area (Å²) in [5, 5.41) is 17.8. The van der Waals surface area contributed by atoms with Crippen LogP contribution in [0.4, 0.5) is 15.8 Å². The zero-order valence-electron chi connectivity index (χ0n) is 21.7. The summed E-state index contributed by atoms with van der Waals surface area (Å²) in [6, 6.07) is 7.39. The summed E-state index contributed by atoms with van der Waals surface area (Å²) in [5.74, 6) is 0.150. The average molecular weight is 562 g/mol. The highest BCUT2D eigenvalue weighted by molar-refractivity contribution is 7.15. The quantitative estimate of drug-likeness (QED) is 0.237. The largest absolute Gasteiger partial charge is 0.487 e.